The zero-order chi connectivity index (χ0) is 16.0. The van der Waals surface area contributed by atoms with Crippen molar-refractivity contribution >= 4 is 11.8 Å². The third kappa shape index (κ3) is 2.77. The minimum atomic E-state index is -0.446. The van der Waals surface area contributed by atoms with Gasteiger partial charge in [-0.2, -0.15) is 0 Å². The number of hydrogen-bond donors (Lipinski definition) is 1. The van der Waals surface area contributed by atoms with E-state index in [2.05, 4.69) is 12.2 Å². The number of nitrogens with zero attached hydrogens (tertiary/aromatic N) is 2. The summed E-state index contributed by atoms with van der Waals surface area (Å²) in [7, 11) is 0. The van der Waals surface area contributed by atoms with Gasteiger partial charge in [0.05, 0.1) is 5.69 Å². The molecule has 2 saturated carbocycles. The molecular weight excluding hydrogens is 290 g/mol. The van der Waals surface area contributed by atoms with Crippen LogP contribution in [-0.2, 0) is 16.1 Å². The Morgan fingerprint density at radius 2 is 1.91 bits per heavy atom. The Bertz CT molecular complexity index is 612. The minimum absolute atomic E-state index is 0.00412. The molecule has 0 saturated heterocycles. The molecule has 0 radical (unpaired) electrons. The van der Waals surface area contributed by atoms with Crippen LogP contribution in [0.4, 0.5) is 0 Å². The number of carbonyl (C=O) groups excluding carboxylic acids is 2. The maximum Gasteiger partial charge on any atom is 0.249 e. The first-order chi connectivity index (χ1) is 11.1. The summed E-state index contributed by atoms with van der Waals surface area (Å²) >= 11 is 0. The molecular formula is C18H25N3O2. The van der Waals surface area contributed by atoms with Gasteiger partial charge in [0.15, 0.2) is 6.04 Å². The van der Waals surface area contributed by atoms with E-state index in [4.69, 9.17) is 0 Å². The lowest BCUT2D eigenvalue weighted by Gasteiger charge is -2.37. The van der Waals surface area contributed by atoms with Gasteiger partial charge in [0.1, 0.15) is 6.54 Å². The molecule has 23 heavy (non-hydrogen) atoms. The van der Waals surface area contributed by atoms with Gasteiger partial charge in [-0.3, -0.25) is 9.59 Å². The Hall–Kier alpha value is -1.78. The molecule has 3 aliphatic rings. The van der Waals surface area contributed by atoms with Crippen molar-refractivity contribution in [3.8, 4) is 0 Å². The van der Waals surface area contributed by atoms with E-state index in [1.54, 1.807) is 0 Å². The number of aromatic nitrogens is 1. The quantitative estimate of drug-likeness (QED) is 0.930. The second kappa shape index (κ2) is 5.69. The van der Waals surface area contributed by atoms with Gasteiger partial charge in [-0.15, -0.1) is 0 Å². The lowest BCUT2D eigenvalue weighted by atomic mass is 9.87. The highest BCUT2D eigenvalue weighted by Gasteiger charge is 2.45. The van der Waals surface area contributed by atoms with Gasteiger partial charge in [0.25, 0.3) is 0 Å². The van der Waals surface area contributed by atoms with Gasteiger partial charge in [-0.25, -0.2) is 0 Å². The lowest BCUT2D eigenvalue weighted by molar-refractivity contribution is -0.144. The van der Waals surface area contributed by atoms with Gasteiger partial charge >= 0.3 is 0 Å². The van der Waals surface area contributed by atoms with Crippen LogP contribution in [0, 0.1) is 5.92 Å². The number of nitrogens with one attached hydrogen (secondary N) is 1. The standard InChI is InChI=1S/C18H25N3O2/c1-12-4-6-13(7-5-12)19-18(23)17-15-3-2-10-20(15)11-16(22)21(17)14-8-9-14/h2-3,10,12-14,17H,4-9,11H2,1H3,(H,19,23). The van der Waals surface area contributed by atoms with Crippen LogP contribution >= 0.6 is 0 Å². The largest absolute Gasteiger partial charge is 0.351 e. The molecule has 5 nitrogen and oxygen atoms in total. The van der Waals surface area contributed by atoms with E-state index in [1.165, 1.54) is 12.8 Å². The minimum Gasteiger partial charge on any atom is -0.351 e. The van der Waals surface area contributed by atoms with Crippen LogP contribution < -0.4 is 5.32 Å². The predicted octanol–water partition coefficient (Wildman–Crippen LogP) is 2.23. The van der Waals surface area contributed by atoms with Crippen molar-refractivity contribution < 1.29 is 9.59 Å². The molecule has 4 rings (SSSR count). The molecule has 1 atom stereocenters. The Kier molecular flexibility index (Phi) is 3.66. The molecule has 124 valence electrons. The molecule has 2 amide bonds. The van der Waals surface area contributed by atoms with E-state index in [0.717, 1.165) is 37.3 Å². The number of hydrogen-bond acceptors (Lipinski definition) is 2. The van der Waals surface area contributed by atoms with Gasteiger partial charge < -0.3 is 14.8 Å². The van der Waals surface area contributed by atoms with Crippen LogP contribution in [0.5, 0.6) is 0 Å². The fourth-order valence-electron chi connectivity index (χ4n) is 4.05. The first-order valence-electron chi connectivity index (χ1n) is 8.90. The summed E-state index contributed by atoms with van der Waals surface area (Å²) < 4.78 is 1.93. The maximum atomic E-state index is 13.0. The molecule has 1 unspecified atom stereocenters. The Labute approximate surface area is 137 Å². The monoisotopic (exact) mass is 315 g/mol. The van der Waals surface area contributed by atoms with Crippen molar-refractivity contribution in [2.24, 2.45) is 5.92 Å². The highest BCUT2D eigenvalue weighted by molar-refractivity contribution is 5.90. The first kappa shape index (κ1) is 14.8. The van der Waals surface area contributed by atoms with E-state index < -0.39 is 6.04 Å². The molecule has 1 aliphatic heterocycles. The van der Waals surface area contributed by atoms with E-state index in [0.29, 0.717) is 6.54 Å². The molecule has 2 aliphatic carbocycles. The molecule has 0 bridgehead atoms. The van der Waals surface area contributed by atoms with E-state index in [1.807, 2.05) is 27.8 Å². The van der Waals surface area contributed by atoms with Crippen molar-refractivity contribution in [1.82, 2.24) is 14.8 Å². The zero-order valence-corrected chi connectivity index (χ0v) is 13.7. The first-order valence-corrected chi connectivity index (χ1v) is 8.90. The lowest BCUT2D eigenvalue weighted by Crippen LogP contribution is -2.51. The maximum absolute atomic E-state index is 13.0. The normalized spacial score (nSPS) is 30.9. The van der Waals surface area contributed by atoms with Crippen molar-refractivity contribution in [2.75, 3.05) is 0 Å². The van der Waals surface area contributed by atoms with Gasteiger partial charge in [-0.1, -0.05) is 6.92 Å². The third-order valence-electron chi connectivity index (χ3n) is 5.57. The van der Waals surface area contributed by atoms with Crippen LogP contribution in [0.1, 0.15) is 57.2 Å². The van der Waals surface area contributed by atoms with Gasteiger partial charge in [0.2, 0.25) is 11.8 Å². The highest BCUT2D eigenvalue weighted by Crippen LogP contribution is 2.38. The van der Waals surface area contributed by atoms with Crippen molar-refractivity contribution in [3.05, 3.63) is 24.0 Å². The van der Waals surface area contributed by atoms with E-state index in [-0.39, 0.29) is 23.9 Å². The van der Waals surface area contributed by atoms with Gasteiger partial charge in [-0.05, 0) is 56.6 Å². The third-order valence-corrected chi connectivity index (χ3v) is 5.57. The second-order valence-corrected chi connectivity index (χ2v) is 7.46. The topological polar surface area (TPSA) is 54.3 Å². The molecule has 0 aromatic carbocycles. The number of rotatable bonds is 3. The zero-order valence-electron chi connectivity index (χ0n) is 13.7. The Morgan fingerprint density at radius 1 is 1.17 bits per heavy atom. The molecule has 2 fully saturated rings. The van der Waals surface area contributed by atoms with Crippen molar-refractivity contribution in [2.45, 2.75) is 70.1 Å². The summed E-state index contributed by atoms with van der Waals surface area (Å²) in [5.41, 5.74) is 0.957. The number of fused-ring (bicyclic) bond motifs is 1. The van der Waals surface area contributed by atoms with Crippen LogP contribution in [0.25, 0.3) is 0 Å². The van der Waals surface area contributed by atoms with Crippen LogP contribution in [0.15, 0.2) is 18.3 Å². The predicted molar refractivity (Wildman–Crippen MR) is 86.6 cm³/mol. The SMILES string of the molecule is CC1CCC(NC(=O)C2c3cccn3CC(=O)N2C2CC2)CC1. The Morgan fingerprint density at radius 3 is 2.61 bits per heavy atom. The number of amides is 2. The molecule has 5 heteroatoms. The average Bonchev–Trinajstić information content (AvgIpc) is 3.26. The summed E-state index contributed by atoms with van der Waals surface area (Å²) in [5.74, 6) is 0.845. The summed E-state index contributed by atoms with van der Waals surface area (Å²) in [6, 6.07) is 3.99. The summed E-state index contributed by atoms with van der Waals surface area (Å²) in [4.78, 5) is 27.3. The second-order valence-electron chi connectivity index (χ2n) is 7.46. The van der Waals surface area contributed by atoms with Crippen LogP contribution in [0.2, 0.25) is 0 Å². The molecule has 1 aromatic rings. The van der Waals surface area contributed by atoms with Crippen LogP contribution in [0.3, 0.4) is 0 Å². The molecule has 1 N–H and O–H groups in total. The molecule has 0 spiro atoms. The average molecular weight is 315 g/mol. The van der Waals surface area contributed by atoms with Gasteiger partial charge in [0, 0.05) is 18.3 Å². The summed E-state index contributed by atoms with van der Waals surface area (Å²) in [5, 5.41) is 3.23. The summed E-state index contributed by atoms with van der Waals surface area (Å²) in [6.07, 6.45) is 8.42. The van der Waals surface area contributed by atoms with Crippen molar-refractivity contribution in [1.29, 1.82) is 0 Å². The highest BCUT2D eigenvalue weighted by atomic mass is 16.2. The van der Waals surface area contributed by atoms with Crippen LogP contribution in [-0.4, -0.2) is 33.4 Å². The smallest absolute Gasteiger partial charge is 0.249 e. The molecule has 2 heterocycles. The molecule has 1 aromatic heterocycles. The summed E-state index contributed by atoms with van der Waals surface area (Å²) in [6.45, 7) is 2.64. The fourth-order valence-corrected chi connectivity index (χ4v) is 4.05. The fraction of sp³-hybridized carbons (Fsp3) is 0.667. The Balaban J connectivity index is 1.55. The van der Waals surface area contributed by atoms with Crippen molar-refractivity contribution in [3.63, 3.8) is 0 Å². The van der Waals surface area contributed by atoms with E-state index in [9.17, 15) is 9.59 Å². The number of carbonyl (C=O) groups is 2. The van der Waals surface area contributed by atoms with E-state index >= 15 is 0 Å².